The predicted molar refractivity (Wildman–Crippen MR) is 117 cm³/mol. The van der Waals surface area contributed by atoms with Crippen LogP contribution in [0.4, 0.5) is 11.4 Å². The van der Waals surface area contributed by atoms with Crippen molar-refractivity contribution in [2.45, 2.75) is 13.0 Å². The molecule has 0 radical (unpaired) electrons. The average Bonchev–Trinajstić information content (AvgIpc) is 3.41. The molecule has 2 heterocycles. The first-order valence-corrected chi connectivity index (χ1v) is 10.2. The number of amides is 1. The van der Waals surface area contributed by atoms with Crippen molar-refractivity contribution in [2.75, 3.05) is 11.1 Å². The first-order valence-electron chi connectivity index (χ1n) is 8.98. The quantitative estimate of drug-likeness (QED) is 0.438. The van der Waals surface area contributed by atoms with Crippen LogP contribution in [0.3, 0.4) is 0 Å². The number of aryl methyl sites for hydroxylation is 2. The summed E-state index contributed by atoms with van der Waals surface area (Å²) in [6.45, 7) is 0.569. The Morgan fingerprint density at radius 1 is 1.17 bits per heavy atom. The topological polar surface area (TPSA) is 85.8 Å². The maximum atomic E-state index is 12.6. The van der Waals surface area contributed by atoms with Crippen molar-refractivity contribution >= 4 is 40.2 Å². The van der Waals surface area contributed by atoms with Gasteiger partial charge in [0.2, 0.25) is 0 Å². The fraction of sp³-hybridized carbons (Fsp3) is 0.0952. The van der Waals surface area contributed by atoms with Crippen molar-refractivity contribution in [2.24, 2.45) is 0 Å². The lowest BCUT2D eigenvalue weighted by Crippen LogP contribution is -2.13. The molecular formula is C21H18ClN5OS. The highest BCUT2D eigenvalue weighted by molar-refractivity contribution is 7.13. The summed E-state index contributed by atoms with van der Waals surface area (Å²) < 4.78 is 1.63. The van der Waals surface area contributed by atoms with E-state index in [-0.39, 0.29) is 11.6 Å². The van der Waals surface area contributed by atoms with Crippen LogP contribution in [0, 0.1) is 0 Å². The molecule has 0 unspecified atom stereocenters. The summed E-state index contributed by atoms with van der Waals surface area (Å²) >= 11 is 7.81. The number of carbonyl (C=O) groups excluding carboxylic acids is 1. The molecule has 29 heavy (non-hydrogen) atoms. The summed E-state index contributed by atoms with van der Waals surface area (Å²) in [4.78, 5) is 13.7. The van der Waals surface area contributed by atoms with Gasteiger partial charge in [-0.05, 0) is 47.2 Å². The molecule has 0 aliphatic rings. The zero-order valence-electron chi connectivity index (χ0n) is 15.4. The Morgan fingerprint density at radius 3 is 2.83 bits per heavy atom. The van der Waals surface area contributed by atoms with Gasteiger partial charge in [-0.2, -0.15) is 0 Å². The molecule has 3 N–H and O–H groups in total. The van der Waals surface area contributed by atoms with Gasteiger partial charge in [-0.25, -0.2) is 0 Å². The minimum absolute atomic E-state index is 0.227. The zero-order valence-corrected chi connectivity index (χ0v) is 17.0. The molecule has 2 aromatic heterocycles. The maximum absolute atomic E-state index is 12.6. The van der Waals surface area contributed by atoms with E-state index in [9.17, 15) is 4.79 Å². The van der Waals surface area contributed by atoms with Crippen molar-refractivity contribution in [3.05, 3.63) is 82.5 Å². The Morgan fingerprint density at radius 2 is 2.03 bits per heavy atom. The number of rotatable bonds is 6. The fourth-order valence-corrected chi connectivity index (χ4v) is 3.85. The van der Waals surface area contributed by atoms with Crippen molar-refractivity contribution in [3.63, 3.8) is 0 Å². The Labute approximate surface area is 176 Å². The Kier molecular flexibility index (Phi) is 5.59. The molecule has 0 atom stereocenters. The van der Waals surface area contributed by atoms with Crippen LogP contribution in [0.25, 0.3) is 10.4 Å². The Hall–Kier alpha value is -3.16. The van der Waals surface area contributed by atoms with Gasteiger partial charge in [-0.1, -0.05) is 47.1 Å². The standard InChI is InChI=1S/C21H18ClN5OS/c22-16-5-2-1-4-14(16)9-10-27-13-19(25-26-27)21(28)24-18-12-15(7-8-17(18)23)20-6-3-11-29-20/h1-8,11-13H,9-10,23H2,(H,24,28). The lowest BCUT2D eigenvalue weighted by Gasteiger charge is -2.08. The largest absolute Gasteiger partial charge is 0.397 e. The molecule has 0 fully saturated rings. The third-order valence-corrected chi connectivity index (χ3v) is 5.73. The molecule has 6 nitrogen and oxygen atoms in total. The number of carbonyl (C=O) groups is 1. The number of hydrogen-bond donors (Lipinski definition) is 2. The van der Waals surface area contributed by atoms with E-state index in [0.717, 1.165) is 16.0 Å². The molecule has 4 rings (SSSR count). The Bertz CT molecular complexity index is 1140. The number of nitrogen functional groups attached to an aromatic ring is 1. The average molecular weight is 424 g/mol. The summed E-state index contributed by atoms with van der Waals surface area (Å²) in [7, 11) is 0. The SMILES string of the molecule is Nc1ccc(-c2cccs2)cc1NC(=O)c1cn(CCc2ccccc2Cl)nn1. The summed E-state index contributed by atoms with van der Waals surface area (Å²) in [6.07, 6.45) is 2.31. The van der Waals surface area contributed by atoms with Gasteiger partial charge >= 0.3 is 0 Å². The molecule has 8 heteroatoms. The summed E-state index contributed by atoms with van der Waals surface area (Å²) in [5.74, 6) is -0.357. The third-order valence-electron chi connectivity index (χ3n) is 4.45. The Balaban J connectivity index is 1.44. The van der Waals surface area contributed by atoms with E-state index in [1.807, 2.05) is 53.9 Å². The van der Waals surface area contributed by atoms with Crippen molar-refractivity contribution in [1.29, 1.82) is 0 Å². The summed E-state index contributed by atoms with van der Waals surface area (Å²) in [5.41, 5.74) is 9.32. The molecule has 0 saturated heterocycles. The van der Waals surface area contributed by atoms with Crippen LogP contribution >= 0.6 is 22.9 Å². The number of hydrogen-bond acceptors (Lipinski definition) is 5. The van der Waals surface area contributed by atoms with Gasteiger partial charge in [0, 0.05) is 16.4 Å². The van der Waals surface area contributed by atoms with Gasteiger partial charge < -0.3 is 11.1 Å². The van der Waals surface area contributed by atoms with Crippen LogP contribution in [0.1, 0.15) is 16.1 Å². The smallest absolute Gasteiger partial charge is 0.277 e. The minimum Gasteiger partial charge on any atom is -0.397 e. The van der Waals surface area contributed by atoms with Crippen molar-refractivity contribution in [1.82, 2.24) is 15.0 Å². The predicted octanol–water partition coefficient (Wildman–Crippen LogP) is 4.74. The summed E-state index contributed by atoms with van der Waals surface area (Å²) in [5, 5.41) is 13.6. The third kappa shape index (κ3) is 4.47. The van der Waals surface area contributed by atoms with Gasteiger partial charge in [-0.15, -0.1) is 16.4 Å². The monoisotopic (exact) mass is 423 g/mol. The van der Waals surface area contributed by atoms with E-state index in [1.165, 1.54) is 0 Å². The van der Waals surface area contributed by atoms with Crippen LogP contribution in [0.15, 0.2) is 66.2 Å². The molecule has 146 valence electrons. The molecule has 1 amide bonds. The van der Waals surface area contributed by atoms with Crippen LogP contribution < -0.4 is 11.1 Å². The van der Waals surface area contributed by atoms with Gasteiger partial charge in [-0.3, -0.25) is 9.48 Å². The van der Waals surface area contributed by atoms with Gasteiger partial charge in [0.15, 0.2) is 5.69 Å². The highest BCUT2D eigenvalue weighted by Gasteiger charge is 2.14. The van der Waals surface area contributed by atoms with E-state index in [0.29, 0.717) is 29.4 Å². The normalized spacial score (nSPS) is 10.8. The van der Waals surface area contributed by atoms with Crippen LogP contribution in [0.2, 0.25) is 5.02 Å². The van der Waals surface area contributed by atoms with Crippen LogP contribution in [-0.2, 0) is 13.0 Å². The van der Waals surface area contributed by atoms with E-state index in [1.54, 1.807) is 28.3 Å². The number of nitrogens with zero attached hydrogens (tertiary/aromatic N) is 3. The number of thiophene rings is 1. The molecule has 0 spiro atoms. The molecular weight excluding hydrogens is 406 g/mol. The van der Waals surface area contributed by atoms with Crippen LogP contribution in [-0.4, -0.2) is 20.9 Å². The number of benzene rings is 2. The molecule has 4 aromatic rings. The van der Waals surface area contributed by atoms with Gasteiger partial charge in [0.05, 0.1) is 17.6 Å². The molecule has 0 aliphatic carbocycles. The summed E-state index contributed by atoms with van der Waals surface area (Å²) in [6, 6.07) is 17.2. The lowest BCUT2D eigenvalue weighted by molar-refractivity contribution is 0.102. The highest BCUT2D eigenvalue weighted by atomic mass is 35.5. The second kappa shape index (κ2) is 8.46. The molecule has 0 saturated carbocycles. The fourth-order valence-electron chi connectivity index (χ4n) is 2.89. The van der Waals surface area contributed by atoms with E-state index >= 15 is 0 Å². The second-order valence-corrected chi connectivity index (χ2v) is 7.80. The zero-order chi connectivity index (χ0) is 20.2. The van der Waals surface area contributed by atoms with E-state index in [2.05, 4.69) is 15.6 Å². The van der Waals surface area contributed by atoms with E-state index < -0.39 is 0 Å². The number of nitrogens with one attached hydrogen (secondary N) is 1. The number of nitrogens with two attached hydrogens (primary N) is 1. The molecule has 0 aliphatic heterocycles. The first kappa shape index (κ1) is 19.2. The van der Waals surface area contributed by atoms with Crippen molar-refractivity contribution in [3.8, 4) is 10.4 Å². The molecule has 0 bridgehead atoms. The number of aromatic nitrogens is 3. The highest BCUT2D eigenvalue weighted by Crippen LogP contribution is 2.30. The second-order valence-electron chi connectivity index (χ2n) is 6.44. The van der Waals surface area contributed by atoms with Gasteiger partial charge in [0.1, 0.15) is 0 Å². The maximum Gasteiger partial charge on any atom is 0.277 e. The molecule has 2 aromatic carbocycles. The minimum atomic E-state index is -0.357. The first-order chi connectivity index (χ1) is 14.1. The van der Waals surface area contributed by atoms with Crippen LogP contribution in [0.5, 0.6) is 0 Å². The van der Waals surface area contributed by atoms with Gasteiger partial charge in [0.25, 0.3) is 5.91 Å². The lowest BCUT2D eigenvalue weighted by atomic mass is 10.1. The van der Waals surface area contributed by atoms with E-state index in [4.69, 9.17) is 17.3 Å². The number of halogens is 1. The van der Waals surface area contributed by atoms with Crippen molar-refractivity contribution < 1.29 is 4.79 Å². The number of anilines is 2.